The molecule has 0 aliphatic heterocycles. The summed E-state index contributed by atoms with van der Waals surface area (Å²) in [6.45, 7) is 6.62. The Morgan fingerprint density at radius 3 is 2.14 bits per heavy atom. The fraction of sp³-hybridized carbons (Fsp3) is 0.524. The number of esters is 1. The van der Waals surface area contributed by atoms with E-state index in [0.717, 1.165) is 19.2 Å². The van der Waals surface area contributed by atoms with Gasteiger partial charge in [0.25, 0.3) is 5.60 Å². The molecule has 0 radical (unpaired) electrons. The third-order valence-electron chi connectivity index (χ3n) is 4.78. The molecule has 0 saturated heterocycles. The number of carbonyl (C=O) groups is 2. The highest BCUT2D eigenvalue weighted by atomic mass is 19.4. The fourth-order valence-corrected chi connectivity index (χ4v) is 3.18. The number of rotatable bonds is 9. The summed E-state index contributed by atoms with van der Waals surface area (Å²) < 4.78 is 52.2. The van der Waals surface area contributed by atoms with Gasteiger partial charge in [0.15, 0.2) is 0 Å². The Kier molecular flexibility index (Phi) is 8.42. The van der Waals surface area contributed by atoms with E-state index in [-0.39, 0.29) is 17.8 Å². The molecule has 1 rings (SSSR count). The van der Waals surface area contributed by atoms with Crippen LogP contribution in [0.5, 0.6) is 0 Å². The van der Waals surface area contributed by atoms with Crippen molar-refractivity contribution in [2.75, 3.05) is 7.11 Å². The van der Waals surface area contributed by atoms with Crippen molar-refractivity contribution in [3.8, 4) is 0 Å². The minimum atomic E-state index is -5.06. The highest BCUT2D eigenvalue weighted by molar-refractivity contribution is 5.84. The average Bonchev–Trinajstić information content (AvgIpc) is 2.65. The second-order valence-corrected chi connectivity index (χ2v) is 6.61. The van der Waals surface area contributed by atoms with E-state index in [2.05, 4.69) is 0 Å². The lowest BCUT2D eigenvalue weighted by molar-refractivity contribution is -0.279. The number of hydrogen-bond donors (Lipinski definition) is 0. The third kappa shape index (κ3) is 4.82. The lowest BCUT2D eigenvalue weighted by atomic mass is 9.88. The van der Waals surface area contributed by atoms with Crippen molar-refractivity contribution in [1.82, 2.24) is 0 Å². The van der Waals surface area contributed by atoms with E-state index in [4.69, 9.17) is 9.47 Å². The molecule has 0 fully saturated rings. The van der Waals surface area contributed by atoms with Crippen LogP contribution in [-0.4, -0.2) is 31.1 Å². The zero-order chi connectivity index (χ0) is 21.5. The highest BCUT2D eigenvalue weighted by Gasteiger charge is 2.64. The lowest BCUT2D eigenvalue weighted by Gasteiger charge is -2.35. The monoisotopic (exact) mass is 400 g/mol. The number of carbonyl (C=O) groups excluding carboxylic acids is 2. The van der Waals surface area contributed by atoms with Crippen LogP contribution in [0.2, 0.25) is 0 Å². The van der Waals surface area contributed by atoms with Gasteiger partial charge in [0.1, 0.15) is 11.9 Å². The zero-order valence-electron chi connectivity index (χ0n) is 16.7. The molecular weight excluding hydrogens is 373 g/mol. The first-order chi connectivity index (χ1) is 13.1. The molecule has 7 heteroatoms. The molecule has 0 aromatic heterocycles. The van der Waals surface area contributed by atoms with Crippen LogP contribution < -0.4 is 0 Å². The Bertz CT molecular complexity index is 685. The molecular formula is C21H27F3O4. The molecule has 0 aliphatic carbocycles. The molecule has 0 N–H and O–H groups in total. The summed E-state index contributed by atoms with van der Waals surface area (Å²) in [5, 5.41) is 0. The van der Waals surface area contributed by atoms with Gasteiger partial charge in [0, 0.05) is 25.0 Å². The predicted molar refractivity (Wildman–Crippen MR) is 99.5 cm³/mol. The van der Waals surface area contributed by atoms with Crippen LogP contribution in [0.15, 0.2) is 42.5 Å². The van der Waals surface area contributed by atoms with Crippen molar-refractivity contribution in [3.05, 3.63) is 48.0 Å². The molecule has 28 heavy (non-hydrogen) atoms. The number of halogens is 3. The molecule has 4 atom stereocenters. The number of allylic oxidation sites excluding steroid dienone is 1. The Morgan fingerprint density at radius 1 is 1.14 bits per heavy atom. The number of benzene rings is 1. The van der Waals surface area contributed by atoms with Gasteiger partial charge in [-0.3, -0.25) is 4.79 Å². The maximum Gasteiger partial charge on any atom is 0.432 e. The van der Waals surface area contributed by atoms with Crippen LogP contribution in [0.1, 0.15) is 39.7 Å². The molecule has 156 valence electrons. The van der Waals surface area contributed by atoms with E-state index in [0.29, 0.717) is 0 Å². The molecule has 0 amide bonds. The van der Waals surface area contributed by atoms with Crippen LogP contribution >= 0.6 is 0 Å². The van der Waals surface area contributed by atoms with Gasteiger partial charge in [-0.1, -0.05) is 63.3 Å². The van der Waals surface area contributed by atoms with Gasteiger partial charge in [-0.2, -0.15) is 13.2 Å². The second-order valence-electron chi connectivity index (χ2n) is 6.61. The van der Waals surface area contributed by atoms with E-state index in [1.165, 1.54) is 18.2 Å². The van der Waals surface area contributed by atoms with Gasteiger partial charge in [-0.25, -0.2) is 4.79 Å². The van der Waals surface area contributed by atoms with Gasteiger partial charge < -0.3 is 9.47 Å². The summed E-state index contributed by atoms with van der Waals surface area (Å²) in [6, 6.07) is 6.60. The largest absolute Gasteiger partial charge is 0.458 e. The lowest BCUT2D eigenvalue weighted by Crippen LogP contribution is -2.53. The van der Waals surface area contributed by atoms with E-state index < -0.39 is 35.7 Å². The molecule has 1 aromatic carbocycles. The first-order valence-electron chi connectivity index (χ1n) is 9.10. The molecule has 1 aromatic rings. The Labute approximate surface area is 163 Å². The molecule has 1 unspecified atom stereocenters. The van der Waals surface area contributed by atoms with E-state index in [1.807, 2.05) is 0 Å². The maximum absolute atomic E-state index is 14.0. The number of alkyl halides is 3. The van der Waals surface area contributed by atoms with Gasteiger partial charge in [0.2, 0.25) is 0 Å². The fourth-order valence-electron chi connectivity index (χ4n) is 3.18. The molecule has 0 saturated carbocycles. The maximum atomic E-state index is 14.0. The Morgan fingerprint density at radius 2 is 1.71 bits per heavy atom. The average molecular weight is 400 g/mol. The summed E-state index contributed by atoms with van der Waals surface area (Å²) in [5.41, 5.74) is -3.67. The number of Topliss-reactive ketones (excluding diaryl/α,β-unsaturated/α-hetero) is 1. The zero-order valence-corrected chi connectivity index (χ0v) is 16.7. The van der Waals surface area contributed by atoms with Crippen LogP contribution in [-0.2, 0) is 24.7 Å². The van der Waals surface area contributed by atoms with Gasteiger partial charge in [-0.05, 0) is 6.92 Å². The normalized spacial score (nSPS) is 17.6. The smallest absolute Gasteiger partial charge is 0.432 e. The summed E-state index contributed by atoms with van der Waals surface area (Å²) in [6.07, 6.45) is -2.56. The van der Waals surface area contributed by atoms with Crippen molar-refractivity contribution in [2.24, 2.45) is 11.8 Å². The third-order valence-corrected chi connectivity index (χ3v) is 4.78. The Hall–Kier alpha value is -2.15. The van der Waals surface area contributed by atoms with Gasteiger partial charge >= 0.3 is 12.1 Å². The van der Waals surface area contributed by atoms with E-state index in [9.17, 15) is 22.8 Å². The van der Waals surface area contributed by atoms with Crippen LogP contribution in [0.25, 0.3) is 0 Å². The number of methoxy groups -OCH3 is 1. The van der Waals surface area contributed by atoms with E-state index in [1.54, 1.807) is 39.8 Å². The number of hydrogen-bond acceptors (Lipinski definition) is 4. The van der Waals surface area contributed by atoms with Crippen molar-refractivity contribution >= 4 is 11.8 Å². The molecule has 0 spiro atoms. The standard InChI is InChI=1S/C21H27F3O4/c1-6-11-14(3)18(15(4)17(25)7-2)28-19(26)20(27-5,21(22,23)24)16-12-9-8-10-13-16/h6,8-15,18H,7H2,1-5H3/b11-6+/t14-,15-,18-,20?/m0/s1. The van der Waals surface area contributed by atoms with Crippen LogP contribution in [0.3, 0.4) is 0 Å². The van der Waals surface area contributed by atoms with Gasteiger partial charge in [-0.15, -0.1) is 0 Å². The Balaban J connectivity index is 3.42. The summed E-state index contributed by atoms with van der Waals surface area (Å²) in [7, 11) is 0.812. The number of ether oxygens (including phenoxy) is 2. The molecule has 0 aliphatic rings. The van der Waals surface area contributed by atoms with Crippen molar-refractivity contribution in [3.63, 3.8) is 0 Å². The van der Waals surface area contributed by atoms with Crippen molar-refractivity contribution < 1.29 is 32.2 Å². The highest BCUT2D eigenvalue weighted by Crippen LogP contribution is 2.43. The van der Waals surface area contributed by atoms with Crippen LogP contribution in [0, 0.1) is 11.8 Å². The molecule has 4 nitrogen and oxygen atoms in total. The summed E-state index contributed by atoms with van der Waals surface area (Å²) >= 11 is 0. The first kappa shape index (κ1) is 23.9. The van der Waals surface area contributed by atoms with E-state index >= 15 is 0 Å². The molecule has 0 bridgehead atoms. The first-order valence-corrected chi connectivity index (χ1v) is 9.10. The van der Waals surface area contributed by atoms with Crippen molar-refractivity contribution in [2.45, 2.75) is 52.0 Å². The van der Waals surface area contributed by atoms with Gasteiger partial charge in [0.05, 0.1) is 5.92 Å². The number of ketones is 1. The predicted octanol–water partition coefficient (Wildman–Crippen LogP) is 4.83. The topological polar surface area (TPSA) is 52.6 Å². The van der Waals surface area contributed by atoms with Crippen LogP contribution in [0.4, 0.5) is 13.2 Å². The quantitative estimate of drug-likeness (QED) is 0.440. The minimum Gasteiger partial charge on any atom is -0.458 e. The second kappa shape index (κ2) is 9.87. The SMILES string of the molecule is C/C=C/[C@H](C)[C@H](OC(=O)C(OC)(c1ccccc1)C(F)(F)F)[C@@H](C)C(=O)CC. The minimum absolute atomic E-state index is 0.186. The summed E-state index contributed by atoms with van der Waals surface area (Å²) in [4.78, 5) is 25.0. The van der Waals surface area contributed by atoms with Crippen molar-refractivity contribution in [1.29, 1.82) is 0 Å². The summed E-state index contributed by atoms with van der Waals surface area (Å²) in [5.74, 6) is -3.02. The molecule has 0 heterocycles.